The Bertz CT molecular complexity index is 682. The Morgan fingerprint density at radius 2 is 1.95 bits per heavy atom. The van der Waals surface area contributed by atoms with E-state index in [0.717, 1.165) is 48.7 Å². The van der Waals surface area contributed by atoms with Gasteiger partial charge in [0.05, 0.1) is 27.6 Å². The molecule has 1 aliphatic heterocycles. The Hall–Kier alpha value is -1.36. The van der Waals surface area contributed by atoms with Gasteiger partial charge in [-0.3, -0.25) is 4.98 Å². The summed E-state index contributed by atoms with van der Waals surface area (Å²) >= 11 is 12.4. The van der Waals surface area contributed by atoms with Crippen molar-refractivity contribution < 1.29 is 0 Å². The molecule has 2 heterocycles. The number of anilines is 1. The standard InChI is InChI=1S/C16H18Cl2N4/c1-10-16(12-3-2-4-13(17)15(12)18)20-9-14(21-10)22-7-5-11(19)6-8-22/h2-4,9,11H,5-8,19H2,1H3. The summed E-state index contributed by atoms with van der Waals surface area (Å²) in [6.45, 7) is 3.79. The summed E-state index contributed by atoms with van der Waals surface area (Å²) in [5, 5.41) is 1.03. The molecule has 0 radical (unpaired) electrons. The molecule has 6 heteroatoms. The van der Waals surface area contributed by atoms with Gasteiger partial charge in [-0.25, -0.2) is 4.98 Å². The Morgan fingerprint density at radius 1 is 1.23 bits per heavy atom. The van der Waals surface area contributed by atoms with E-state index < -0.39 is 0 Å². The third-order valence-corrected chi connectivity index (χ3v) is 4.82. The number of nitrogens with zero attached hydrogens (tertiary/aromatic N) is 3. The molecule has 1 fully saturated rings. The molecule has 0 amide bonds. The minimum atomic E-state index is 0.301. The highest BCUT2D eigenvalue weighted by atomic mass is 35.5. The van der Waals surface area contributed by atoms with Gasteiger partial charge < -0.3 is 10.6 Å². The number of aromatic nitrogens is 2. The molecule has 22 heavy (non-hydrogen) atoms. The zero-order chi connectivity index (χ0) is 15.7. The quantitative estimate of drug-likeness (QED) is 0.908. The van der Waals surface area contributed by atoms with Gasteiger partial charge >= 0.3 is 0 Å². The van der Waals surface area contributed by atoms with Crippen LogP contribution in [0.1, 0.15) is 18.5 Å². The molecule has 0 aliphatic carbocycles. The third-order valence-electron chi connectivity index (χ3n) is 4.00. The molecule has 1 saturated heterocycles. The number of nitrogens with two attached hydrogens (primary N) is 1. The summed E-state index contributed by atoms with van der Waals surface area (Å²) in [5.74, 6) is 0.895. The second kappa shape index (κ2) is 6.41. The highest BCUT2D eigenvalue weighted by molar-refractivity contribution is 6.43. The number of hydrogen-bond donors (Lipinski definition) is 1. The Balaban J connectivity index is 1.91. The highest BCUT2D eigenvalue weighted by Gasteiger charge is 2.19. The van der Waals surface area contributed by atoms with E-state index in [2.05, 4.69) is 14.9 Å². The van der Waals surface area contributed by atoms with Gasteiger partial charge in [0.2, 0.25) is 0 Å². The molecule has 0 spiro atoms. The van der Waals surface area contributed by atoms with Crippen molar-refractivity contribution in [2.75, 3.05) is 18.0 Å². The van der Waals surface area contributed by atoms with Crippen LogP contribution in [0.3, 0.4) is 0 Å². The minimum Gasteiger partial charge on any atom is -0.355 e. The van der Waals surface area contributed by atoms with Crippen LogP contribution in [0.4, 0.5) is 5.82 Å². The molecule has 0 atom stereocenters. The SMILES string of the molecule is Cc1nc(N2CCC(N)CC2)cnc1-c1cccc(Cl)c1Cl. The van der Waals surface area contributed by atoms with Crippen LogP contribution in [0.5, 0.6) is 0 Å². The lowest BCUT2D eigenvalue weighted by Crippen LogP contribution is -2.40. The van der Waals surface area contributed by atoms with Gasteiger partial charge in [0.15, 0.2) is 0 Å². The van der Waals surface area contributed by atoms with E-state index in [1.54, 1.807) is 12.3 Å². The molecular formula is C16H18Cl2N4. The average Bonchev–Trinajstić information content (AvgIpc) is 2.51. The fourth-order valence-corrected chi connectivity index (χ4v) is 3.09. The average molecular weight is 337 g/mol. The van der Waals surface area contributed by atoms with Crippen LogP contribution in [0.15, 0.2) is 24.4 Å². The van der Waals surface area contributed by atoms with Crippen molar-refractivity contribution in [2.24, 2.45) is 5.73 Å². The van der Waals surface area contributed by atoms with E-state index in [1.807, 2.05) is 19.1 Å². The molecule has 116 valence electrons. The summed E-state index contributed by atoms with van der Waals surface area (Å²) in [5.41, 5.74) is 8.37. The van der Waals surface area contributed by atoms with Crippen molar-refractivity contribution in [1.29, 1.82) is 0 Å². The molecule has 1 aromatic heterocycles. The molecule has 3 rings (SSSR count). The van der Waals surface area contributed by atoms with E-state index in [1.165, 1.54) is 0 Å². The number of hydrogen-bond acceptors (Lipinski definition) is 4. The molecule has 0 bridgehead atoms. The third kappa shape index (κ3) is 3.05. The van der Waals surface area contributed by atoms with Crippen LogP contribution < -0.4 is 10.6 Å². The number of rotatable bonds is 2. The van der Waals surface area contributed by atoms with Crippen LogP contribution in [0, 0.1) is 6.92 Å². The van der Waals surface area contributed by atoms with E-state index in [9.17, 15) is 0 Å². The lowest BCUT2D eigenvalue weighted by atomic mass is 10.1. The molecule has 2 N–H and O–H groups in total. The summed E-state index contributed by atoms with van der Waals surface area (Å²) in [4.78, 5) is 11.5. The molecule has 0 saturated carbocycles. The summed E-state index contributed by atoms with van der Waals surface area (Å²) in [7, 11) is 0. The smallest absolute Gasteiger partial charge is 0.147 e. The first kappa shape index (κ1) is 15.5. The zero-order valence-corrected chi connectivity index (χ0v) is 13.9. The molecule has 1 aliphatic rings. The van der Waals surface area contributed by atoms with Gasteiger partial charge in [-0.15, -0.1) is 0 Å². The maximum absolute atomic E-state index is 6.28. The van der Waals surface area contributed by atoms with Crippen molar-refractivity contribution in [3.05, 3.63) is 40.1 Å². The predicted octanol–water partition coefficient (Wildman–Crippen LogP) is 3.69. The first-order chi connectivity index (χ1) is 10.6. The van der Waals surface area contributed by atoms with Crippen LogP contribution in [0.2, 0.25) is 10.0 Å². The maximum Gasteiger partial charge on any atom is 0.147 e. The van der Waals surface area contributed by atoms with Gasteiger partial charge in [-0.05, 0) is 25.8 Å². The first-order valence-corrected chi connectivity index (χ1v) is 8.10. The normalized spacial score (nSPS) is 16.1. The van der Waals surface area contributed by atoms with Gasteiger partial charge in [0.25, 0.3) is 0 Å². The van der Waals surface area contributed by atoms with Gasteiger partial charge in [-0.1, -0.05) is 35.3 Å². The van der Waals surface area contributed by atoms with E-state index in [-0.39, 0.29) is 0 Å². The van der Waals surface area contributed by atoms with Crippen molar-refractivity contribution in [2.45, 2.75) is 25.8 Å². The fraction of sp³-hybridized carbons (Fsp3) is 0.375. The van der Waals surface area contributed by atoms with Gasteiger partial charge in [0.1, 0.15) is 5.82 Å². The Morgan fingerprint density at radius 3 is 2.64 bits per heavy atom. The first-order valence-electron chi connectivity index (χ1n) is 7.35. The topological polar surface area (TPSA) is 55.0 Å². The molecule has 1 aromatic carbocycles. The van der Waals surface area contributed by atoms with Crippen LogP contribution in [0.25, 0.3) is 11.3 Å². The monoisotopic (exact) mass is 336 g/mol. The predicted molar refractivity (Wildman–Crippen MR) is 91.6 cm³/mol. The maximum atomic E-state index is 6.28. The highest BCUT2D eigenvalue weighted by Crippen LogP contribution is 2.34. The Kier molecular flexibility index (Phi) is 4.52. The zero-order valence-electron chi connectivity index (χ0n) is 12.4. The van der Waals surface area contributed by atoms with Crippen LogP contribution >= 0.6 is 23.2 Å². The van der Waals surface area contributed by atoms with E-state index >= 15 is 0 Å². The van der Waals surface area contributed by atoms with Crippen molar-refractivity contribution in [3.63, 3.8) is 0 Å². The van der Waals surface area contributed by atoms with Gasteiger partial charge in [-0.2, -0.15) is 0 Å². The van der Waals surface area contributed by atoms with Crippen LogP contribution in [-0.2, 0) is 0 Å². The molecule has 0 unspecified atom stereocenters. The van der Waals surface area contributed by atoms with E-state index in [4.69, 9.17) is 28.9 Å². The molecule has 2 aromatic rings. The molecule has 4 nitrogen and oxygen atoms in total. The van der Waals surface area contributed by atoms with Crippen LogP contribution in [-0.4, -0.2) is 29.1 Å². The largest absolute Gasteiger partial charge is 0.355 e. The van der Waals surface area contributed by atoms with Crippen molar-refractivity contribution >= 4 is 29.0 Å². The number of aryl methyl sites for hydroxylation is 1. The molecular weight excluding hydrogens is 319 g/mol. The minimum absolute atomic E-state index is 0.301. The summed E-state index contributed by atoms with van der Waals surface area (Å²) in [6, 6.07) is 5.84. The number of benzene rings is 1. The lowest BCUT2D eigenvalue weighted by molar-refractivity contribution is 0.498. The lowest BCUT2D eigenvalue weighted by Gasteiger charge is -2.31. The summed E-state index contributed by atoms with van der Waals surface area (Å²) < 4.78 is 0. The summed E-state index contributed by atoms with van der Waals surface area (Å²) in [6.07, 6.45) is 3.78. The fourth-order valence-electron chi connectivity index (χ4n) is 2.70. The van der Waals surface area contributed by atoms with Crippen molar-refractivity contribution in [3.8, 4) is 11.3 Å². The number of halogens is 2. The number of piperidine rings is 1. The van der Waals surface area contributed by atoms with Crippen molar-refractivity contribution in [1.82, 2.24) is 9.97 Å². The van der Waals surface area contributed by atoms with Gasteiger partial charge in [0, 0.05) is 24.7 Å². The second-order valence-electron chi connectivity index (χ2n) is 5.59. The Labute approximate surface area is 140 Å². The second-order valence-corrected chi connectivity index (χ2v) is 6.37. The van der Waals surface area contributed by atoms with E-state index in [0.29, 0.717) is 16.1 Å².